The van der Waals surface area contributed by atoms with Crippen LogP contribution in [-0.4, -0.2) is 61.0 Å². The lowest BCUT2D eigenvalue weighted by atomic mass is 10.1. The van der Waals surface area contributed by atoms with Gasteiger partial charge in [-0.1, -0.05) is 0 Å². The van der Waals surface area contributed by atoms with E-state index < -0.39 is 0 Å². The van der Waals surface area contributed by atoms with Gasteiger partial charge in [0.15, 0.2) is 0 Å². The number of rotatable bonds is 3. The van der Waals surface area contributed by atoms with Gasteiger partial charge in [0, 0.05) is 39.3 Å². The van der Waals surface area contributed by atoms with E-state index in [9.17, 15) is 9.18 Å². The fourth-order valence-corrected chi connectivity index (χ4v) is 3.54. The number of piperazine rings is 1. The van der Waals surface area contributed by atoms with Crippen LogP contribution in [0.3, 0.4) is 0 Å². The maximum Gasteiger partial charge on any atom is 0.239 e. The molecular formula is C18H23FN4O. The van der Waals surface area contributed by atoms with Gasteiger partial charge in [0.2, 0.25) is 5.91 Å². The van der Waals surface area contributed by atoms with Gasteiger partial charge in [-0.25, -0.2) is 4.39 Å². The zero-order valence-electron chi connectivity index (χ0n) is 14.0. The predicted molar refractivity (Wildman–Crippen MR) is 90.2 cm³/mol. The molecule has 0 bridgehead atoms. The van der Waals surface area contributed by atoms with Crippen molar-refractivity contribution >= 4 is 11.6 Å². The molecule has 1 atom stereocenters. The number of hydrogen-bond donors (Lipinski definition) is 0. The van der Waals surface area contributed by atoms with Gasteiger partial charge < -0.3 is 9.80 Å². The second kappa shape index (κ2) is 7.18. The van der Waals surface area contributed by atoms with Crippen LogP contribution in [0.2, 0.25) is 0 Å². The van der Waals surface area contributed by atoms with Gasteiger partial charge >= 0.3 is 0 Å². The SMILES string of the molecule is C[C@H](C(=O)N1CCCC1)N1CCN(c2ccc(C#N)cc2F)CC1. The fraction of sp³-hybridized carbons (Fsp3) is 0.556. The molecule has 1 aromatic rings. The van der Waals surface area contributed by atoms with Crippen LogP contribution in [0.5, 0.6) is 0 Å². The molecule has 5 nitrogen and oxygen atoms in total. The van der Waals surface area contributed by atoms with Crippen molar-refractivity contribution in [3.8, 4) is 6.07 Å². The van der Waals surface area contributed by atoms with Crippen molar-refractivity contribution in [1.29, 1.82) is 5.26 Å². The lowest BCUT2D eigenvalue weighted by molar-refractivity contribution is -0.135. The molecule has 0 radical (unpaired) electrons. The number of anilines is 1. The molecule has 24 heavy (non-hydrogen) atoms. The van der Waals surface area contributed by atoms with Gasteiger partial charge in [0.25, 0.3) is 0 Å². The summed E-state index contributed by atoms with van der Waals surface area (Å²) in [6, 6.07) is 6.43. The van der Waals surface area contributed by atoms with Crippen LogP contribution < -0.4 is 4.90 Å². The van der Waals surface area contributed by atoms with Gasteiger partial charge in [-0.3, -0.25) is 9.69 Å². The average molecular weight is 330 g/mol. The number of likely N-dealkylation sites (tertiary alicyclic amines) is 1. The van der Waals surface area contributed by atoms with E-state index in [1.807, 2.05) is 22.8 Å². The number of nitrogens with zero attached hydrogens (tertiary/aromatic N) is 4. The Morgan fingerprint density at radius 1 is 1.17 bits per heavy atom. The second-order valence-corrected chi connectivity index (χ2v) is 6.51. The topological polar surface area (TPSA) is 50.6 Å². The standard InChI is InChI=1S/C18H23FN4O/c1-14(18(24)23-6-2-3-7-23)21-8-10-22(11-9-21)17-5-4-15(13-20)12-16(17)19/h4-5,12,14H,2-3,6-11H2,1H3/t14-/m1/s1. The molecule has 2 saturated heterocycles. The molecule has 0 aliphatic carbocycles. The first-order valence-electron chi connectivity index (χ1n) is 8.57. The molecule has 2 heterocycles. The Balaban J connectivity index is 1.59. The van der Waals surface area contributed by atoms with Crippen LogP contribution in [-0.2, 0) is 4.79 Å². The third-order valence-electron chi connectivity index (χ3n) is 5.05. The molecular weight excluding hydrogens is 307 g/mol. The Bertz CT molecular complexity index is 643. The highest BCUT2D eigenvalue weighted by Crippen LogP contribution is 2.23. The highest BCUT2D eigenvalue weighted by molar-refractivity contribution is 5.81. The minimum atomic E-state index is -0.358. The molecule has 0 N–H and O–H groups in total. The lowest BCUT2D eigenvalue weighted by Gasteiger charge is -2.39. The largest absolute Gasteiger partial charge is 0.367 e. The molecule has 1 aromatic carbocycles. The molecule has 0 saturated carbocycles. The summed E-state index contributed by atoms with van der Waals surface area (Å²) in [5.41, 5.74) is 0.867. The number of benzene rings is 1. The number of nitriles is 1. The molecule has 2 aliphatic heterocycles. The zero-order valence-corrected chi connectivity index (χ0v) is 14.0. The number of hydrogen-bond acceptors (Lipinski definition) is 4. The zero-order chi connectivity index (χ0) is 17.1. The number of carbonyl (C=O) groups is 1. The number of amides is 1. The molecule has 2 fully saturated rings. The van der Waals surface area contributed by atoms with E-state index in [1.54, 1.807) is 12.1 Å². The van der Waals surface area contributed by atoms with E-state index in [1.165, 1.54) is 6.07 Å². The Morgan fingerprint density at radius 3 is 2.42 bits per heavy atom. The molecule has 6 heteroatoms. The molecule has 3 rings (SSSR count). The van der Waals surface area contributed by atoms with Crippen molar-refractivity contribution in [3.05, 3.63) is 29.6 Å². The van der Waals surface area contributed by atoms with E-state index in [0.29, 0.717) is 24.3 Å². The van der Waals surface area contributed by atoms with Crippen molar-refractivity contribution in [2.45, 2.75) is 25.8 Å². The first-order chi connectivity index (χ1) is 11.6. The minimum Gasteiger partial charge on any atom is -0.367 e. The van der Waals surface area contributed by atoms with Crippen LogP contribution in [0.4, 0.5) is 10.1 Å². The summed E-state index contributed by atoms with van der Waals surface area (Å²) < 4.78 is 14.1. The van der Waals surface area contributed by atoms with Crippen LogP contribution in [0.1, 0.15) is 25.3 Å². The Hall–Kier alpha value is -2.13. The van der Waals surface area contributed by atoms with Gasteiger partial charge in [0.1, 0.15) is 5.82 Å². The average Bonchev–Trinajstić information content (AvgIpc) is 3.15. The smallest absolute Gasteiger partial charge is 0.239 e. The van der Waals surface area contributed by atoms with E-state index in [0.717, 1.165) is 39.0 Å². The summed E-state index contributed by atoms with van der Waals surface area (Å²) in [7, 11) is 0. The summed E-state index contributed by atoms with van der Waals surface area (Å²) in [5, 5.41) is 8.83. The van der Waals surface area contributed by atoms with Crippen LogP contribution in [0.15, 0.2) is 18.2 Å². The highest BCUT2D eigenvalue weighted by atomic mass is 19.1. The molecule has 0 unspecified atom stereocenters. The summed E-state index contributed by atoms with van der Waals surface area (Å²) in [5.74, 6) is -0.144. The van der Waals surface area contributed by atoms with Gasteiger partial charge in [-0.15, -0.1) is 0 Å². The third-order valence-corrected chi connectivity index (χ3v) is 5.05. The lowest BCUT2D eigenvalue weighted by Crippen LogP contribution is -2.54. The molecule has 0 spiro atoms. The number of carbonyl (C=O) groups excluding carboxylic acids is 1. The van der Waals surface area contributed by atoms with E-state index >= 15 is 0 Å². The number of halogens is 1. The quantitative estimate of drug-likeness (QED) is 0.848. The fourth-order valence-electron chi connectivity index (χ4n) is 3.54. The van der Waals surface area contributed by atoms with E-state index in [4.69, 9.17) is 5.26 Å². The minimum absolute atomic E-state index is 0.115. The van der Waals surface area contributed by atoms with Gasteiger partial charge in [0.05, 0.1) is 23.4 Å². The van der Waals surface area contributed by atoms with Gasteiger partial charge in [-0.05, 0) is 38.0 Å². The first-order valence-corrected chi connectivity index (χ1v) is 8.57. The third kappa shape index (κ3) is 3.36. The van der Waals surface area contributed by atoms with Crippen LogP contribution in [0.25, 0.3) is 0 Å². The first kappa shape index (κ1) is 16.7. The molecule has 0 aromatic heterocycles. The van der Waals surface area contributed by atoms with Crippen molar-refractivity contribution in [3.63, 3.8) is 0 Å². The van der Waals surface area contributed by atoms with E-state index in [2.05, 4.69) is 4.90 Å². The molecule has 1 amide bonds. The normalized spacial score (nSPS) is 20.0. The van der Waals surface area contributed by atoms with Gasteiger partial charge in [-0.2, -0.15) is 5.26 Å². The molecule has 2 aliphatic rings. The Labute approximate surface area is 142 Å². The summed E-state index contributed by atoms with van der Waals surface area (Å²) in [6.45, 7) is 6.55. The van der Waals surface area contributed by atoms with Crippen LogP contribution in [0, 0.1) is 17.1 Å². The van der Waals surface area contributed by atoms with E-state index in [-0.39, 0.29) is 17.8 Å². The summed E-state index contributed by atoms with van der Waals surface area (Å²) >= 11 is 0. The molecule has 128 valence electrons. The maximum atomic E-state index is 14.1. The second-order valence-electron chi connectivity index (χ2n) is 6.51. The maximum absolute atomic E-state index is 14.1. The van der Waals surface area contributed by atoms with Crippen molar-refractivity contribution < 1.29 is 9.18 Å². The van der Waals surface area contributed by atoms with Crippen LogP contribution >= 0.6 is 0 Å². The highest BCUT2D eigenvalue weighted by Gasteiger charge is 2.30. The van der Waals surface area contributed by atoms with Crippen molar-refractivity contribution in [2.75, 3.05) is 44.2 Å². The van der Waals surface area contributed by atoms with Crippen molar-refractivity contribution in [1.82, 2.24) is 9.80 Å². The predicted octanol–water partition coefficient (Wildman–Crippen LogP) is 1.83. The monoisotopic (exact) mass is 330 g/mol. The summed E-state index contributed by atoms with van der Waals surface area (Å²) in [4.78, 5) is 18.6. The Morgan fingerprint density at radius 2 is 1.83 bits per heavy atom. The van der Waals surface area contributed by atoms with Crippen molar-refractivity contribution in [2.24, 2.45) is 0 Å². The summed E-state index contributed by atoms with van der Waals surface area (Å²) in [6.07, 6.45) is 2.20. The Kier molecular flexibility index (Phi) is 5.00.